The molecule has 0 spiro atoms. The van der Waals surface area contributed by atoms with E-state index in [1.54, 1.807) is 0 Å². The van der Waals surface area contributed by atoms with Crippen LogP contribution in [0.1, 0.15) is 20.3 Å². The fourth-order valence-corrected chi connectivity index (χ4v) is 4.55. The fraction of sp³-hybridized carbons (Fsp3) is 0.529. The highest BCUT2D eigenvalue weighted by Gasteiger charge is 2.34. The number of nitrogens with zero attached hydrogens (tertiary/aromatic N) is 3. The van der Waals surface area contributed by atoms with Crippen molar-refractivity contribution in [3.63, 3.8) is 0 Å². The molecule has 3 amide bonds. The van der Waals surface area contributed by atoms with Gasteiger partial charge in [0.25, 0.3) is 5.69 Å². The maximum absolute atomic E-state index is 12.8. The number of hydrogen-bond donors (Lipinski definition) is 2. The molecule has 12 heteroatoms. The second kappa shape index (κ2) is 9.18. The van der Waals surface area contributed by atoms with Crippen LogP contribution >= 0.6 is 0 Å². The van der Waals surface area contributed by atoms with Crippen molar-refractivity contribution >= 4 is 27.6 Å². The molecule has 1 heterocycles. The molecule has 1 aliphatic heterocycles. The molecule has 0 unspecified atom stereocenters. The number of piperazine rings is 1. The summed E-state index contributed by atoms with van der Waals surface area (Å²) < 4.78 is 26.8. The molecule has 1 aromatic carbocycles. The van der Waals surface area contributed by atoms with Crippen molar-refractivity contribution in [3.05, 3.63) is 34.4 Å². The Labute approximate surface area is 169 Å². The van der Waals surface area contributed by atoms with Crippen LogP contribution in [0.2, 0.25) is 0 Å². The molecular weight excluding hydrogens is 402 g/mol. The summed E-state index contributed by atoms with van der Waals surface area (Å²) in [5.74, 6) is -0.452. The molecule has 0 radical (unpaired) electrons. The van der Waals surface area contributed by atoms with Gasteiger partial charge in [0.05, 0.1) is 9.82 Å². The number of rotatable bonds is 7. The van der Waals surface area contributed by atoms with Gasteiger partial charge in [0.15, 0.2) is 0 Å². The van der Waals surface area contributed by atoms with Gasteiger partial charge in [-0.2, -0.15) is 4.31 Å². The van der Waals surface area contributed by atoms with E-state index in [1.165, 1.54) is 27.4 Å². The van der Waals surface area contributed by atoms with Crippen molar-refractivity contribution in [2.24, 2.45) is 11.7 Å². The number of benzene rings is 1. The van der Waals surface area contributed by atoms with Crippen LogP contribution in [-0.4, -0.2) is 66.7 Å². The van der Waals surface area contributed by atoms with Gasteiger partial charge in [0, 0.05) is 38.3 Å². The number of nitrogens with two attached hydrogens (primary N) is 1. The van der Waals surface area contributed by atoms with Crippen molar-refractivity contribution in [1.29, 1.82) is 0 Å². The maximum atomic E-state index is 12.8. The SMILES string of the molecule is CC[C@@H](C)[C@@H](NC(N)=O)C(=O)N1CCN(S(=O)(=O)c2cccc([N+](=O)[O-])c2)CC1. The highest BCUT2D eigenvalue weighted by molar-refractivity contribution is 7.89. The van der Waals surface area contributed by atoms with Crippen LogP contribution in [0, 0.1) is 16.0 Å². The van der Waals surface area contributed by atoms with Gasteiger partial charge in [-0.05, 0) is 12.0 Å². The molecule has 0 saturated carbocycles. The van der Waals surface area contributed by atoms with Gasteiger partial charge in [-0.15, -0.1) is 0 Å². The second-order valence-electron chi connectivity index (χ2n) is 6.86. The average Bonchev–Trinajstić information content (AvgIpc) is 2.71. The lowest BCUT2D eigenvalue weighted by atomic mass is 9.97. The minimum atomic E-state index is -3.93. The maximum Gasteiger partial charge on any atom is 0.312 e. The molecule has 2 atom stereocenters. The number of nitrogens with one attached hydrogen (secondary N) is 1. The van der Waals surface area contributed by atoms with Gasteiger partial charge in [0.1, 0.15) is 6.04 Å². The zero-order valence-electron chi connectivity index (χ0n) is 16.3. The highest BCUT2D eigenvalue weighted by Crippen LogP contribution is 2.22. The van der Waals surface area contributed by atoms with E-state index in [-0.39, 0.29) is 48.6 Å². The third-order valence-corrected chi connectivity index (χ3v) is 6.89. The van der Waals surface area contributed by atoms with Gasteiger partial charge in [-0.3, -0.25) is 14.9 Å². The Kier molecular flexibility index (Phi) is 7.14. The first-order chi connectivity index (χ1) is 13.6. The van der Waals surface area contributed by atoms with E-state index in [0.29, 0.717) is 6.42 Å². The van der Waals surface area contributed by atoms with E-state index in [2.05, 4.69) is 5.32 Å². The van der Waals surface area contributed by atoms with Gasteiger partial charge in [0.2, 0.25) is 15.9 Å². The number of primary amides is 1. The largest absolute Gasteiger partial charge is 0.352 e. The molecule has 1 aliphatic rings. The number of amides is 3. The summed E-state index contributed by atoms with van der Waals surface area (Å²) in [6.07, 6.45) is 0.651. The van der Waals surface area contributed by atoms with Crippen LogP contribution in [0.5, 0.6) is 0 Å². The smallest absolute Gasteiger partial charge is 0.312 e. The molecule has 160 valence electrons. The minimum Gasteiger partial charge on any atom is -0.352 e. The lowest BCUT2D eigenvalue weighted by Crippen LogP contribution is -2.57. The fourth-order valence-electron chi connectivity index (χ4n) is 3.09. The van der Waals surface area contributed by atoms with Crippen LogP contribution in [-0.2, 0) is 14.8 Å². The van der Waals surface area contributed by atoms with Crippen LogP contribution in [0.25, 0.3) is 0 Å². The van der Waals surface area contributed by atoms with Crippen molar-refractivity contribution in [2.75, 3.05) is 26.2 Å². The first-order valence-corrected chi connectivity index (χ1v) is 10.6. The predicted octanol–water partition coefficient (Wildman–Crippen LogP) is 0.511. The molecule has 11 nitrogen and oxygen atoms in total. The van der Waals surface area contributed by atoms with Crippen molar-refractivity contribution < 1.29 is 22.9 Å². The summed E-state index contributed by atoms with van der Waals surface area (Å²) >= 11 is 0. The zero-order valence-corrected chi connectivity index (χ0v) is 17.1. The molecule has 1 aromatic rings. The zero-order chi connectivity index (χ0) is 21.8. The van der Waals surface area contributed by atoms with Crippen LogP contribution in [0.3, 0.4) is 0 Å². The van der Waals surface area contributed by atoms with Crippen LogP contribution < -0.4 is 11.1 Å². The molecule has 0 aromatic heterocycles. The molecule has 0 aliphatic carbocycles. The van der Waals surface area contributed by atoms with Gasteiger partial charge in [-0.1, -0.05) is 26.3 Å². The van der Waals surface area contributed by atoms with Crippen molar-refractivity contribution in [3.8, 4) is 0 Å². The molecule has 0 bridgehead atoms. The summed E-state index contributed by atoms with van der Waals surface area (Å²) in [7, 11) is -3.93. The number of nitro benzene ring substituents is 1. The van der Waals surface area contributed by atoms with Crippen LogP contribution in [0.4, 0.5) is 10.5 Å². The summed E-state index contributed by atoms with van der Waals surface area (Å²) in [4.78, 5) is 35.6. The molecular formula is C17H25N5O6S. The Morgan fingerprint density at radius 3 is 2.41 bits per heavy atom. The summed E-state index contributed by atoms with van der Waals surface area (Å²) in [6, 6.07) is 3.28. The first kappa shape index (κ1) is 22.6. The average molecular weight is 427 g/mol. The number of nitro groups is 1. The van der Waals surface area contributed by atoms with E-state index in [4.69, 9.17) is 5.73 Å². The van der Waals surface area contributed by atoms with Gasteiger partial charge < -0.3 is 16.0 Å². The standard InChI is InChI=1S/C17H25N5O6S/c1-3-12(2)15(19-17(18)24)16(23)20-7-9-21(10-8-20)29(27,28)14-6-4-5-13(11-14)22(25)26/h4-6,11-12,15H,3,7-10H2,1-2H3,(H3,18,19,24)/t12-,15-/m1/s1. The second-order valence-corrected chi connectivity index (χ2v) is 8.79. The number of carbonyl (C=O) groups is 2. The Morgan fingerprint density at radius 1 is 1.28 bits per heavy atom. The summed E-state index contributed by atoms with van der Waals surface area (Å²) in [5, 5.41) is 13.4. The van der Waals surface area contributed by atoms with E-state index >= 15 is 0 Å². The van der Waals surface area contributed by atoms with E-state index < -0.39 is 27.0 Å². The van der Waals surface area contributed by atoms with Crippen LogP contribution in [0.15, 0.2) is 29.2 Å². The molecule has 1 fully saturated rings. The minimum absolute atomic E-state index is 0.0422. The summed E-state index contributed by atoms with van der Waals surface area (Å²) in [5.41, 5.74) is 4.86. The third-order valence-electron chi connectivity index (χ3n) is 4.99. The topological polar surface area (TPSA) is 156 Å². The third kappa shape index (κ3) is 5.21. The summed E-state index contributed by atoms with van der Waals surface area (Å²) in [6.45, 7) is 4.07. The number of non-ortho nitro benzene ring substituents is 1. The Hall–Kier alpha value is -2.73. The first-order valence-electron chi connectivity index (χ1n) is 9.17. The molecule has 29 heavy (non-hydrogen) atoms. The number of hydrogen-bond acceptors (Lipinski definition) is 6. The predicted molar refractivity (Wildman–Crippen MR) is 104 cm³/mol. The molecule has 2 rings (SSSR count). The molecule has 1 saturated heterocycles. The lowest BCUT2D eigenvalue weighted by Gasteiger charge is -2.36. The van der Waals surface area contributed by atoms with Gasteiger partial charge in [-0.25, -0.2) is 13.2 Å². The van der Waals surface area contributed by atoms with E-state index in [9.17, 15) is 28.1 Å². The number of urea groups is 1. The quantitative estimate of drug-likeness (QED) is 0.477. The monoisotopic (exact) mass is 427 g/mol. The van der Waals surface area contributed by atoms with E-state index in [1.807, 2.05) is 13.8 Å². The Bertz CT molecular complexity index is 882. The van der Waals surface area contributed by atoms with Gasteiger partial charge >= 0.3 is 6.03 Å². The molecule has 3 N–H and O–H groups in total. The number of carbonyl (C=O) groups excluding carboxylic acids is 2. The lowest BCUT2D eigenvalue weighted by molar-refractivity contribution is -0.385. The Balaban J connectivity index is 2.11. The Morgan fingerprint density at radius 2 is 1.90 bits per heavy atom. The highest BCUT2D eigenvalue weighted by atomic mass is 32.2. The van der Waals surface area contributed by atoms with Crippen molar-refractivity contribution in [2.45, 2.75) is 31.2 Å². The normalized spacial score (nSPS) is 17.4. The van der Waals surface area contributed by atoms with Crippen molar-refractivity contribution in [1.82, 2.24) is 14.5 Å². The van der Waals surface area contributed by atoms with E-state index in [0.717, 1.165) is 6.07 Å². The number of sulfonamides is 1.